The van der Waals surface area contributed by atoms with Gasteiger partial charge >= 0.3 is 0 Å². The first-order valence-corrected chi connectivity index (χ1v) is 11.0. The molecule has 136 valence electrons. The van der Waals surface area contributed by atoms with Crippen molar-refractivity contribution < 1.29 is 4.79 Å². The second-order valence-corrected chi connectivity index (χ2v) is 9.33. The largest absolute Gasteiger partial charge is 0.289 e. The average molecular weight is 428 g/mol. The Morgan fingerprint density at radius 1 is 1.03 bits per heavy atom. The van der Waals surface area contributed by atoms with Gasteiger partial charge in [-0.2, -0.15) is 10.5 Å². The number of carbonyl (C=O) groups excluding carboxylic acids is 1. The summed E-state index contributed by atoms with van der Waals surface area (Å²) in [6, 6.07) is 15.2. The van der Waals surface area contributed by atoms with Crippen molar-refractivity contribution in [2.45, 2.75) is 0 Å². The molecule has 5 rings (SSSR count). The lowest BCUT2D eigenvalue weighted by Crippen LogP contribution is -1.95. The van der Waals surface area contributed by atoms with Crippen LogP contribution in [0.4, 0.5) is 0 Å². The minimum atomic E-state index is -0.154. The molecule has 1 aliphatic rings. The van der Waals surface area contributed by atoms with Gasteiger partial charge in [-0.05, 0) is 23.8 Å². The Bertz CT molecular complexity index is 1390. The van der Waals surface area contributed by atoms with Gasteiger partial charge < -0.3 is 0 Å². The van der Waals surface area contributed by atoms with Gasteiger partial charge in [-0.25, -0.2) is 4.98 Å². The van der Waals surface area contributed by atoms with Gasteiger partial charge in [0.15, 0.2) is 5.78 Å². The highest BCUT2D eigenvalue weighted by molar-refractivity contribution is 7.31. The van der Waals surface area contributed by atoms with Crippen molar-refractivity contribution in [3.05, 3.63) is 75.1 Å². The predicted molar refractivity (Wildman–Crippen MR) is 118 cm³/mol. The van der Waals surface area contributed by atoms with Crippen LogP contribution in [0.2, 0.25) is 0 Å². The van der Waals surface area contributed by atoms with E-state index in [-0.39, 0.29) is 11.4 Å². The molecule has 7 heteroatoms. The van der Waals surface area contributed by atoms with Crippen LogP contribution in [0, 0.1) is 22.7 Å². The molecule has 4 aromatic rings. The summed E-state index contributed by atoms with van der Waals surface area (Å²) in [5, 5.41) is 21.8. The Hall–Kier alpha value is -3.36. The molecule has 4 nitrogen and oxygen atoms in total. The van der Waals surface area contributed by atoms with E-state index in [0.717, 1.165) is 24.2 Å². The highest BCUT2D eigenvalue weighted by Gasteiger charge is 2.32. The van der Waals surface area contributed by atoms with Gasteiger partial charge in [0.05, 0.1) is 4.88 Å². The molecule has 0 spiro atoms. The van der Waals surface area contributed by atoms with Crippen LogP contribution in [-0.2, 0) is 0 Å². The van der Waals surface area contributed by atoms with Gasteiger partial charge in [-0.15, -0.1) is 34.0 Å². The third-order valence-electron chi connectivity index (χ3n) is 4.58. The van der Waals surface area contributed by atoms with E-state index in [9.17, 15) is 15.3 Å². The zero-order chi connectivity index (χ0) is 20.0. The smallest absolute Gasteiger partial charge is 0.194 e. The Morgan fingerprint density at radius 2 is 1.79 bits per heavy atom. The Morgan fingerprint density at radius 3 is 2.48 bits per heavy atom. The number of carbonyl (C=O) groups is 1. The summed E-state index contributed by atoms with van der Waals surface area (Å²) in [5.74, 6) is -0.154. The summed E-state index contributed by atoms with van der Waals surface area (Å²) in [6.07, 6.45) is 3.59. The number of fused-ring (bicyclic) bond motifs is 2. The van der Waals surface area contributed by atoms with Crippen molar-refractivity contribution >= 4 is 60.8 Å². The van der Waals surface area contributed by atoms with Crippen LogP contribution in [-0.4, -0.2) is 10.8 Å². The van der Waals surface area contributed by atoms with E-state index in [2.05, 4.69) is 11.1 Å². The molecule has 0 N–H and O–H groups in total. The minimum Gasteiger partial charge on any atom is -0.289 e. The quantitative estimate of drug-likeness (QED) is 0.283. The van der Waals surface area contributed by atoms with Gasteiger partial charge in [0, 0.05) is 42.6 Å². The second kappa shape index (κ2) is 6.91. The zero-order valence-electron chi connectivity index (χ0n) is 14.7. The molecule has 0 fully saturated rings. The summed E-state index contributed by atoms with van der Waals surface area (Å²) in [6.45, 7) is 0. The summed E-state index contributed by atoms with van der Waals surface area (Å²) in [4.78, 5) is 19.4. The molecule has 0 atom stereocenters. The predicted octanol–water partition coefficient (Wildman–Crippen LogP) is 6.17. The lowest BCUT2D eigenvalue weighted by Gasteiger charge is -2.01. The molecule has 29 heavy (non-hydrogen) atoms. The molecule has 1 aliphatic carbocycles. The van der Waals surface area contributed by atoms with Crippen LogP contribution in [0.15, 0.2) is 59.1 Å². The van der Waals surface area contributed by atoms with Crippen molar-refractivity contribution in [3.63, 3.8) is 0 Å². The first-order chi connectivity index (χ1) is 14.2. The third-order valence-corrected chi connectivity index (χ3v) is 7.77. The molecule has 0 radical (unpaired) electrons. The molecular weight excluding hydrogens is 418 g/mol. The number of hydrogen-bond acceptors (Lipinski definition) is 7. The number of ketones is 1. The minimum absolute atomic E-state index is 0.0426. The Balaban J connectivity index is 1.63. The number of nitriles is 2. The zero-order valence-corrected chi connectivity index (χ0v) is 17.1. The van der Waals surface area contributed by atoms with Gasteiger partial charge in [-0.1, -0.05) is 24.3 Å². The Labute approximate surface area is 177 Å². The van der Waals surface area contributed by atoms with Crippen LogP contribution < -0.4 is 0 Å². The van der Waals surface area contributed by atoms with Gasteiger partial charge in [0.25, 0.3) is 0 Å². The highest BCUT2D eigenvalue weighted by atomic mass is 32.1. The molecule has 0 amide bonds. The fourth-order valence-corrected chi connectivity index (χ4v) is 6.42. The van der Waals surface area contributed by atoms with Crippen LogP contribution in [0.1, 0.15) is 20.8 Å². The molecule has 0 unspecified atom stereocenters. The van der Waals surface area contributed by atoms with E-state index in [1.165, 1.54) is 0 Å². The van der Waals surface area contributed by atoms with E-state index in [1.807, 2.05) is 29.7 Å². The topological polar surface area (TPSA) is 77.5 Å². The van der Waals surface area contributed by atoms with E-state index in [0.29, 0.717) is 22.3 Å². The van der Waals surface area contributed by atoms with E-state index >= 15 is 0 Å². The van der Waals surface area contributed by atoms with Crippen molar-refractivity contribution in [2.24, 2.45) is 0 Å². The number of rotatable bonds is 2. The van der Waals surface area contributed by atoms with E-state index in [4.69, 9.17) is 0 Å². The lowest BCUT2D eigenvalue weighted by molar-refractivity contribution is 0.104. The number of aromatic nitrogens is 1. The first kappa shape index (κ1) is 17.7. The van der Waals surface area contributed by atoms with Gasteiger partial charge in [0.1, 0.15) is 22.7 Å². The van der Waals surface area contributed by atoms with Crippen LogP contribution in [0.5, 0.6) is 0 Å². The number of thiazole rings is 1. The molecule has 0 bridgehead atoms. The van der Waals surface area contributed by atoms with Crippen molar-refractivity contribution in [2.75, 3.05) is 0 Å². The van der Waals surface area contributed by atoms with Crippen LogP contribution >= 0.6 is 34.0 Å². The highest BCUT2D eigenvalue weighted by Crippen LogP contribution is 2.43. The molecule has 0 aliphatic heterocycles. The molecule has 1 aromatic carbocycles. The lowest BCUT2D eigenvalue weighted by atomic mass is 9.99. The fourth-order valence-electron chi connectivity index (χ4n) is 3.36. The normalized spacial score (nSPS) is 14.2. The van der Waals surface area contributed by atoms with Gasteiger partial charge in [-0.3, -0.25) is 4.79 Å². The SMILES string of the molecule is N#CC(C#N)=C1/C(=C/c2cc3sc(-c4nccs4)cc3s2)C(=O)c2ccccc21. The number of nitrogens with zero attached hydrogens (tertiary/aromatic N) is 3. The van der Waals surface area contributed by atoms with Gasteiger partial charge in [0.2, 0.25) is 0 Å². The van der Waals surface area contributed by atoms with Crippen LogP contribution in [0.3, 0.4) is 0 Å². The first-order valence-electron chi connectivity index (χ1n) is 8.53. The monoisotopic (exact) mass is 427 g/mol. The number of Topliss-reactive ketones (excluding diaryl/α,β-unsaturated/α-hetero) is 1. The van der Waals surface area contributed by atoms with Crippen molar-refractivity contribution in [1.82, 2.24) is 4.98 Å². The molecule has 0 saturated carbocycles. The summed E-state index contributed by atoms with van der Waals surface area (Å²) in [7, 11) is 0. The average Bonchev–Trinajstić information content (AvgIpc) is 3.49. The molecule has 3 aromatic heterocycles. The molecule has 3 heterocycles. The number of hydrogen-bond donors (Lipinski definition) is 0. The third kappa shape index (κ3) is 2.84. The second-order valence-electron chi connectivity index (χ2n) is 6.23. The van der Waals surface area contributed by atoms with E-state index < -0.39 is 0 Å². The Kier molecular flexibility index (Phi) is 4.22. The van der Waals surface area contributed by atoms with Crippen LogP contribution in [0.25, 0.3) is 30.9 Å². The van der Waals surface area contributed by atoms with Crippen molar-refractivity contribution in [3.8, 4) is 22.0 Å². The van der Waals surface area contributed by atoms with E-state index in [1.54, 1.807) is 64.5 Å². The van der Waals surface area contributed by atoms with Crippen molar-refractivity contribution in [1.29, 1.82) is 10.5 Å². The maximum atomic E-state index is 13.0. The number of allylic oxidation sites excluding steroid dienone is 3. The number of thiophene rings is 2. The maximum Gasteiger partial charge on any atom is 0.194 e. The fraction of sp³-hybridized carbons (Fsp3) is 0. The molecule has 0 saturated heterocycles. The standard InChI is InChI=1S/C22H9N3OS3/c23-10-12(11-24)20-14-3-1-2-4-15(14)21(26)16(20)7-13-8-17-18(28-13)9-19(29-17)22-25-5-6-27-22/h1-9H/b16-7-. The maximum absolute atomic E-state index is 13.0. The summed E-state index contributed by atoms with van der Waals surface area (Å²) in [5.41, 5.74) is 1.96. The summed E-state index contributed by atoms with van der Waals surface area (Å²) < 4.78 is 2.25. The summed E-state index contributed by atoms with van der Waals surface area (Å²) >= 11 is 4.85. The molecular formula is C22H9N3OS3. The number of benzene rings is 1.